The molecule has 0 fully saturated rings. The first-order valence-electron chi connectivity index (χ1n) is 7.40. The van der Waals surface area contributed by atoms with E-state index in [1.807, 2.05) is 0 Å². The summed E-state index contributed by atoms with van der Waals surface area (Å²) in [6, 6.07) is 25.2. The molecule has 0 nitrogen and oxygen atoms in total. The smallest absolute Gasteiger partial charge is 0.0809 e. The second-order valence-electron chi connectivity index (χ2n) is 5.22. The molecule has 3 aromatic rings. The fourth-order valence-electron chi connectivity index (χ4n) is 1.95. The van der Waals surface area contributed by atoms with E-state index in [-0.39, 0.29) is 7.92 Å². The molecule has 0 aliphatic heterocycles. The quantitative estimate of drug-likeness (QED) is 0.292. The van der Waals surface area contributed by atoms with Crippen LogP contribution in [-0.4, -0.2) is 19.5 Å². The van der Waals surface area contributed by atoms with Crippen molar-refractivity contribution in [3.8, 4) is 0 Å². The van der Waals surface area contributed by atoms with Crippen molar-refractivity contribution in [2.24, 2.45) is 0 Å². The first-order valence-corrected chi connectivity index (χ1v) is 15.6. The second kappa shape index (κ2) is 13.1. The van der Waals surface area contributed by atoms with Crippen LogP contribution in [0.3, 0.4) is 0 Å². The minimum atomic E-state index is -1.77. The number of halogens is 3. The number of fused-ring (bicyclic) bond motifs is 1. The fraction of sp³-hybridized carbons (Fsp3) is 0.158. The van der Waals surface area contributed by atoms with Crippen LogP contribution in [-0.2, 0) is 12.3 Å². The molecular formula is C19H21Cl3PV-2. The number of hydrogen-bond acceptors (Lipinski definition) is 0. The molecule has 0 aromatic heterocycles. The third-order valence-corrected chi connectivity index (χ3v) is 3.95. The first-order chi connectivity index (χ1) is 11.5. The molecule has 0 aliphatic carbocycles. The Morgan fingerprint density at radius 1 is 0.917 bits per heavy atom. The van der Waals surface area contributed by atoms with Crippen molar-refractivity contribution in [3.05, 3.63) is 84.8 Å². The molecule has 0 unspecified atom stereocenters. The van der Waals surface area contributed by atoms with E-state index < -0.39 is 12.3 Å². The van der Waals surface area contributed by atoms with Crippen LogP contribution in [0.1, 0.15) is 5.56 Å². The predicted molar refractivity (Wildman–Crippen MR) is 111 cm³/mol. The molecule has 0 amide bonds. The molecule has 0 spiro atoms. The van der Waals surface area contributed by atoms with Gasteiger partial charge in [0.05, 0.1) is 0 Å². The van der Waals surface area contributed by atoms with Gasteiger partial charge in [-0.3, -0.25) is 0 Å². The van der Waals surface area contributed by atoms with Crippen molar-refractivity contribution < 1.29 is 12.3 Å². The van der Waals surface area contributed by atoms with Crippen LogP contribution < -0.4 is 0 Å². The molecule has 0 atom stereocenters. The van der Waals surface area contributed by atoms with Crippen LogP contribution in [0.5, 0.6) is 0 Å². The van der Waals surface area contributed by atoms with E-state index in [0.717, 1.165) is 0 Å². The summed E-state index contributed by atoms with van der Waals surface area (Å²) in [5.74, 6) is 0. The van der Waals surface area contributed by atoms with Crippen LogP contribution in [0, 0.1) is 6.42 Å². The van der Waals surface area contributed by atoms with Gasteiger partial charge in [0.2, 0.25) is 0 Å². The summed E-state index contributed by atoms with van der Waals surface area (Å²) in [6.45, 7) is 4.60. The first kappa shape index (κ1) is 21.8. The molecule has 0 saturated carbocycles. The molecule has 0 heterocycles. The van der Waals surface area contributed by atoms with Gasteiger partial charge in [0.1, 0.15) is 0 Å². The second-order valence-corrected chi connectivity index (χ2v) is 14.7. The summed E-state index contributed by atoms with van der Waals surface area (Å²) in [5.41, 5.74) is 1.35. The van der Waals surface area contributed by atoms with Gasteiger partial charge in [-0.25, -0.2) is 0 Å². The zero-order valence-corrected chi connectivity index (χ0v) is 18.3. The molecule has 0 aliphatic rings. The van der Waals surface area contributed by atoms with E-state index in [1.165, 1.54) is 22.5 Å². The molecule has 0 saturated heterocycles. The Kier molecular flexibility index (Phi) is 11.9. The van der Waals surface area contributed by atoms with Crippen molar-refractivity contribution >= 4 is 48.2 Å². The number of hydrogen-bond donors (Lipinski definition) is 0. The Hall–Kier alpha value is -0.196. The normalized spacial score (nSPS) is 9.96. The van der Waals surface area contributed by atoms with E-state index in [0.29, 0.717) is 0 Å². The molecular weight excluding hydrogens is 416 g/mol. The van der Waals surface area contributed by atoms with Gasteiger partial charge in [0.15, 0.2) is 0 Å². The van der Waals surface area contributed by atoms with E-state index >= 15 is 0 Å². The van der Waals surface area contributed by atoms with Crippen LogP contribution >= 0.6 is 37.5 Å². The Morgan fingerprint density at radius 3 is 2.08 bits per heavy atom. The number of rotatable bonds is 3. The average molecular weight is 438 g/mol. The molecule has 0 N–H and O–H groups in total. The minimum absolute atomic E-state index is 0.220. The van der Waals surface area contributed by atoms with Crippen LogP contribution in [0.2, 0.25) is 0 Å². The van der Waals surface area contributed by atoms with Gasteiger partial charge in [-0.1, -0.05) is 18.3 Å². The number of benzene rings is 2. The summed E-state index contributed by atoms with van der Waals surface area (Å²) >= 11 is -1.77. The maximum absolute atomic E-state index is 4.95. The van der Waals surface area contributed by atoms with Crippen molar-refractivity contribution in [3.63, 3.8) is 0 Å². The van der Waals surface area contributed by atoms with Gasteiger partial charge in [-0.15, -0.1) is 49.7 Å². The molecule has 3 rings (SSSR count). The standard InChI is InChI=1S/C10H14P.C9H7.3ClH.V/c1-11(2)9-8-10-6-4-3-5-7-10;1-2-5-9-7-3-6-8(9)4-1;;;;/h3-8H,9H2,1-2H3;1-7H;3*1H;/q2*-1;;;;+3/p-3. The minimum Gasteiger partial charge on any atom is -0.168 e. The Balaban J connectivity index is 0.000000200. The Bertz CT molecular complexity index is 635. The van der Waals surface area contributed by atoms with Crippen molar-refractivity contribution in [2.75, 3.05) is 19.5 Å². The SMILES string of the molecule is CP(C)C[CH-]c1ccccc1.[Cl][V]([Cl])[Cl].c1ccc2[cH-]ccc2c1. The van der Waals surface area contributed by atoms with Crippen LogP contribution in [0.15, 0.2) is 72.8 Å². The van der Waals surface area contributed by atoms with Crippen molar-refractivity contribution in [2.45, 2.75) is 0 Å². The molecule has 3 aromatic carbocycles. The third kappa shape index (κ3) is 10.6. The largest absolute Gasteiger partial charge is 0.168 e. The van der Waals surface area contributed by atoms with Crippen molar-refractivity contribution in [1.82, 2.24) is 0 Å². The van der Waals surface area contributed by atoms with Crippen LogP contribution in [0.4, 0.5) is 0 Å². The zero-order valence-electron chi connectivity index (χ0n) is 13.7. The Morgan fingerprint density at radius 2 is 1.50 bits per heavy atom. The average Bonchev–Trinajstić information content (AvgIpc) is 3.03. The third-order valence-electron chi connectivity index (χ3n) is 3.04. The van der Waals surface area contributed by atoms with E-state index in [2.05, 4.69) is 92.5 Å². The monoisotopic (exact) mass is 436 g/mol. The summed E-state index contributed by atoms with van der Waals surface area (Å²) in [7, 11) is 15.1. The van der Waals surface area contributed by atoms with Gasteiger partial charge < -0.3 is 0 Å². The molecule has 5 heteroatoms. The molecule has 0 radical (unpaired) electrons. The van der Waals surface area contributed by atoms with Gasteiger partial charge in [0.25, 0.3) is 0 Å². The fourth-order valence-corrected chi connectivity index (χ4v) is 2.52. The summed E-state index contributed by atoms with van der Waals surface area (Å²) < 4.78 is 0. The molecule has 0 bridgehead atoms. The summed E-state index contributed by atoms with van der Waals surface area (Å²) in [5, 5.41) is 2.66. The van der Waals surface area contributed by atoms with E-state index in [4.69, 9.17) is 29.5 Å². The zero-order chi connectivity index (χ0) is 17.8. The van der Waals surface area contributed by atoms with E-state index in [1.54, 1.807) is 0 Å². The van der Waals surface area contributed by atoms with Gasteiger partial charge in [-0.2, -0.15) is 41.6 Å². The molecule has 130 valence electrons. The van der Waals surface area contributed by atoms with Gasteiger partial charge in [0, 0.05) is 0 Å². The van der Waals surface area contributed by atoms with Crippen molar-refractivity contribution in [1.29, 1.82) is 0 Å². The maximum atomic E-state index is 4.95. The predicted octanol–water partition coefficient (Wildman–Crippen LogP) is 7.61. The maximum Gasteiger partial charge on any atom is -0.0809 e. The van der Waals surface area contributed by atoms with Gasteiger partial charge in [-0.05, 0) is 13.3 Å². The van der Waals surface area contributed by atoms with Crippen LogP contribution in [0.25, 0.3) is 10.8 Å². The Labute approximate surface area is 164 Å². The summed E-state index contributed by atoms with van der Waals surface area (Å²) in [6.07, 6.45) is 3.55. The van der Waals surface area contributed by atoms with E-state index in [9.17, 15) is 0 Å². The molecule has 24 heavy (non-hydrogen) atoms. The van der Waals surface area contributed by atoms with Gasteiger partial charge >= 0.3 is 41.8 Å². The summed E-state index contributed by atoms with van der Waals surface area (Å²) in [4.78, 5) is 0. The topological polar surface area (TPSA) is 0 Å².